The van der Waals surface area contributed by atoms with E-state index in [4.69, 9.17) is 27.3 Å². The molecule has 0 bridgehead atoms. The average Bonchev–Trinajstić information content (AvgIpc) is 3.18. The largest absolute Gasteiger partial charge is 0.397 e. The molecule has 1 aliphatic carbocycles. The van der Waals surface area contributed by atoms with Gasteiger partial charge in [-0.05, 0) is 51.7 Å². The molecule has 0 radical (unpaired) electrons. The molecule has 0 aliphatic heterocycles. The Morgan fingerprint density at radius 3 is 2.73 bits per heavy atom. The molecule has 3 aromatic rings. The summed E-state index contributed by atoms with van der Waals surface area (Å²) >= 11 is 6.19. The fourth-order valence-corrected chi connectivity index (χ4v) is 4.86. The van der Waals surface area contributed by atoms with E-state index in [0.29, 0.717) is 41.5 Å². The topological polar surface area (TPSA) is 114 Å². The second-order valence-electron chi connectivity index (χ2n) is 9.74. The Bertz CT molecular complexity index is 1100. The summed E-state index contributed by atoms with van der Waals surface area (Å²) in [6.07, 6.45) is 8.46. The van der Waals surface area contributed by atoms with Gasteiger partial charge in [-0.15, -0.1) is 0 Å². The highest BCUT2D eigenvalue weighted by atomic mass is 35.5. The average molecular weight is 472 g/mol. The van der Waals surface area contributed by atoms with Crippen LogP contribution in [0, 0.1) is 0 Å². The molecular formula is C24H34ClN7O. The minimum absolute atomic E-state index is 0.00933. The maximum absolute atomic E-state index is 10.2. The maximum atomic E-state index is 10.2. The molecule has 4 rings (SSSR count). The third-order valence-electron chi connectivity index (χ3n) is 6.16. The van der Waals surface area contributed by atoms with E-state index in [1.54, 1.807) is 19.9 Å². The summed E-state index contributed by atoms with van der Waals surface area (Å²) in [6, 6.07) is 5.99. The molecule has 9 heteroatoms. The van der Waals surface area contributed by atoms with Gasteiger partial charge in [-0.25, -0.2) is 4.98 Å². The molecule has 1 aromatic carbocycles. The van der Waals surface area contributed by atoms with E-state index in [9.17, 15) is 5.11 Å². The van der Waals surface area contributed by atoms with Crippen molar-refractivity contribution in [3.05, 3.63) is 35.1 Å². The number of benzene rings is 1. The smallest absolute Gasteiger partial charge is 0.226 e. The number of para-hydroxylation sites is 1. The van der Waals surface area contributed by atoms with E-state index in [0.717, 1.165) is 29.6 Å². The molecule has 1 aliphatic rings. The molecule has 1 atom stereocenters. The second-order valence-corrected chi connectivity index (χ2v) is 10.1. The van der Waals surface area contributed by atoms with Crippen molar-refractivity contribution in [1.29, 1.82) is 0 Å². The summed E-state index contributed by atoms with van der Waals surface area (Å²) in [4.78, 5) is 14.2. The van der Waals surface area contributed by atoms with Crippen molar-refractivity contribution in [3.8, 4) is 0 Å². The number of nitrogens with two attached hydrogens (primary N) is 1. The maximum Gasteiger partial charge on any atom is 0.226 e. The third kappa shape index (κ3) is 5.68. The third-order valence-corrected chi connectivity index (χ3v) is 6.49. The number of fused-ring (bicyclic) bond motifs is 1. The molecule has 178 valence electrons. The number of imidazole rings is 1. The molecule has 1 unspecified atom stereocenters. The molecule has 5 N–H and O–H groups in total. The molecule has 2 heterocycles. The fourth-order valence-electron chi connectivity index (χ4n) is 4.67. The van der Waals surface area contributed by atoms with Gasteiger partial charge < -0.3 is 26.0 Å². The van der Waals surface area contributed by atoms with Crippen LogP contribution in [0.1, 0.15) is 70.9 Å². The van der Waals surface area contributed by atoms with E-state index in [1.165, 1.54) is 19.3 Å². The van der Waals surface area contributed by atoms with Crippen molar-refractivity contribution in [2.45, 2.75) is 83.5 Å². The molecule has 8 nitrogen and oxygen atoms in total. The van der Waals surface area contributed by atoms with Crippen LogP contribution in [0.25, 0.3) is 11.2 Å². The van der Waals surface area contributed by atoms with Crippen molar-refractivity contribution < 1.29 is 5.11 Å². The molecule has 0 amide bonds. The predicted molar refractivity (Wildman–Crippen MR) is 135 cm³/mol. The van der Waals surface area contributed by atoms with Gasteiger partial charge in [-0.3, -0.25) is 0 Å². The summed E-state index contributed by atoms with van der Waals surface area (Å²) < 4.78 is 2.20. The predicted octanol–water partition coefficient (Wildman–Crippen LogP) is 5.14. The van der Waals surface area contributed by atoms with E-state index in [-0.39, 0.29) is 6.04 Å². The van der Waals surface area contributed by atoms with Crippen LogP contribution in [-0.2, 0) is 6.54 Å². The lowest BCUT2D eigenvalue weighted by atomic mass is 9.95. The quantitative estimate of drug-likeness (QED) is 0.336. The zero-order valence-corrected chi connectivity index (χ0v) is 20.4. The molecule has 0 spiro atoms. The van der Waals surface area contributed by atoms with E-state index < -0.39 is 5.60 Å². The van der Waals surface area contributed by atoms with Crippen molar-refractivity contribution in [2.24, 2.45) is 0 Å². The first-order valence-electron chi connectivity index (χ1n) is 11.7. The normalized spacial score (nSPS) is 16.2. The highest BCUT2D eigenvalue weighted by molar-refractivity contribution is 6.33. The molecule has 2 aromatic heterocycles. The van der Waals surface area contributed by atoms with Crippen molar-refractivity contribution in [3.63, 3.8) is 0 Å². The Kier molecular flexibility index (Phi) is 6.95. The Labute approximate surface area is 200 Å². The zero-order chi connectivity index (χ0) is 23.6. The number of hydrogen-bond donors (Lipinski definition) is 4. The number of nitrogens with zero attached hydrogens (tertiary/aromatic N) is 4. The van der Waals surface area contributed by atoms with Crippen LogP contribution in [-0.4, -0.2) is 36.3 Å². The zero-order valence-electron chi connectivity index (χ0n) is 19.6. The first-order valence-corrected chi connectivity index (χ1v) is 12.1. The number of anilines is 3. The number of aliphatic hydroxyl groups is 1. The van der Waals surface area contributed by atoms with Gasteiger partial charge in [-0.1, -0.05) is 43.0 Å². The van der Waals surface area contributed by atoms with Crippen molar-refractivity contribution in [2.75, 3.05) is 16.4 Å². The van der Waals surface area contributed by atoms with Crippen LogP contribution in [0.2, 0.25) is 5.02 Å². The molecule has 1 fully saturated rings. The summed E-state index contributed by atoms with van der Waals surface area (Å²) in [5.41, 5.74) is 8.37. The lowest BCUT2D eigenvalue weighted by Crippen LogP contribution is -2.29. The van der Waals surface area contributed by atoms with Gasteiger partial charge >= 0.3 is 0 Å². The van der Waals surface area contributed by atoms with Gasteiger partial charge in [0.2, 0.25) is 5.95 Å². The monoisotopic (exact) mass is 471 g/mol. The van der Waals surface area contributed by atoms with Gasteiger partial charge in [0.05, 0.1) is 22.6 Å². The van der Waals surface area contributed by atoms with Gasteiger partial charge in [0.15, 0.2) is 17.0 Å². The van der Waals surface area contributed by atoms with E-state index in [1.807, 2.05) is 25.4 Å². The minimum Gasteiger partial charge on any atom is -0.397 e. The summed E-state index contributed by atoms with van der Waals surface area (Å²) in [7, 11) is 0. The van der Waals surface area contributed by atoms with Gasteiger partial charge in [0.25, 0.3) is 0 Å². The number of nitrogens with one attached hydrogen (secondary N) is 2. The first kappa shape index (κ1) is 23.6. The highest BCUT2D eigenvalue weighted by Gasteiger charge is 2.22. The number of nitrogen functional groups attached to an aromatic ring is 1. The standard InChI is InChI=1S/C24H34ClN7O/c1-15(12-24(2,3)33)29-23-30-21(27-13-16-8-7-11-18(25)19(16)26)20-22(31-23)32(14-28-20)17-9-5-4-6-10-17/h7-8,11,14-15,17,33H,4-6,9-10,12-13,26H2,1-3H3,(H2,27,29,30,31). The Morgan fingerprint density at radius 2 is 2.00 bits per heavy atom. The molecule has 1 saturated carbocycles. The number of hydrogen-bond acceptors (Lipinski definition) is 7. The SMILES string of the molecule is CC(CC(C)(C)O)Nc1nc(NCc2cccc(Cl)c2N)c2ncn(C3CCCCC3)c2n1. The number of halogens is 1. The lowest BCUT2D eigenvalue weighted by Gasteiger charge is -2.24. The summed E-state index contributed by atoms with van der Waals surface area (Å²) in [6.45, 7) is 6.09. The minimum atomic E-state index is -0.786. The van der Waals surface area contributed by atoms with Crippen molar-refractivity contribution in [1.82, 2.24) is 19.5 Å². The lowest BCUT2D eigenvalue weighted by molar-refractivity contribution is 0.0672. The van der Waals surface area contributed by atoms with Crippen LogP contribution in [0.5, 0.6) is 0 Å². The van der Waals surface area contributed by atoms with E-state index >= 15 is 0 Å². The van der Waals surface area contributed by atoms with Gasteiger partial charge in [0.1, 0.15) is 0 Å². The number of rotatable bonds is 8. The molecular weight excluding hydrogens is 438 g/mol. The first-order chi connectivity index (χ1) is 15.7. The van der Waals surface area contributed by atoms with Gasteiger partial charge in [0, 0.05) is 18.6 Å². The second kappa shape index (κ2) is 9.73. The summed E-state index contributed by atoms with van der Waals surface area (Å²) in [5, 5.41) is 17.5. The van der Waals surface area contributed by atoms with E-state index in [2.05, 4.69) is 20.2 Å². The Hall–Kier alpha value is -2.58. The van der Waals surface area contributed by atoms with Crippen LogP contribution >= 0.6 is 11.6 Å². The molecule has 0 saturated heterocycles. The van der Waals surface area contributed by atoms with Crippen LogP contribution in [0.3, 0.4) is 0 Å². The van der Waals surface area contributed by atoms with Crippen LogP contribution in [0.15, 0.2) is 24.5 Å². The Balaban J connectivity index is 1.67. The van der Waals surface area contributed by atoms with Crippen molar-refractivity contribution >= 4 is 40.2 Å². The Morgan fingerprint density at radius 1 is 1.24 bits per heavy atom. The fraction of sp³-hybridized carbons (Fsp3) is 0.542. The van der Waals surface area contributed by atoms with Gasteiger partial charge in [-0.2, -0.15) is 9.97 Å². The highest BCUT2D eigenvalue weighted by Crippen LogP contribution is 2.32. The van der Waals surface area contributed by atoms with Crippen LogP contribution < -0.4 is 16.4 Å². The molecule has 33 heavy (non-hydrogen) atoms. The van der Waals surface area contributed by atoms with Crippen LogP contribution in [0.4, 0.5) is 17.5 Å². The number of aromatic nitrogens is 4. The summed E-state index contributed by atoms with van der Waals surface area (Å²) in [5.74, 6) is 1.16.